The highest BCUT2D eigenvalue weighted by Gasteiger charge is 2.37. The van der Waals surface area contributed by atoms with E-state index in [9.17, 15) is 14.4 Å². The second-order valence-electron chi connectivity index (χ2n) is 7.38. The Kier molecular flexibility index (Phi) is 3.53. The summed E-state index contributed by atoms with van der Waals surface area (Å²) in [6, 6.07) is 13.5. The number of nitrogens with zero attached hydrogens (tertiary/aromatic N) is 2. The summed E-state index contributed by atoms with van der Waals surface area (Å²) in [5.41, 5.74) is 1.20. The smallest absolute Gasteiger partial charge is 0.289 e. The highest BCUT2D eigenvalue weighted by Crippen LogP contribution is 2.35. The summed E-state index contributed by atoms with van der Waals surface area (Å²) in [5, 5.41) is 0.470. The van der Waals surface area contributed by atoms with E-state index in [0.29, 0.717) is 30.6 Å². The lowest BCUT2D eigenvalue weighted by atomic mass is 9.83. The standard InChI is InChI=1S/C21H18N2O4/c24-17-9-19(27-18-6-2-1-4-15(17)18)21(26)22-10-13-8-14(12-22)16-5-3-7-20(25)23(16)11-13/h1-7,9,13-14H,8,10-12H2/t13-,14+/m1/s1. The van der Waals surface area contributed by atoms with Crippen LogP contribution in [0.1, 0.15) is 28.6 Å². The molecule has 4 heterocycles. The monoisotopic (exact) mass is 362 g/mol. The molecular weight excluding hydrogens is 344 g/mol. The first-order valence-corrected chi connectivity index (χ1v) is 9.12. The molecule has 1 aromatic carbocycles. The highest BCUT2D eigenvalue weighted by atomic mass is 16.3. The van der Waals surface area contributed by atoms with Gasteiger partial charge in [0.05, 0.1) is 5.39 Å². The first-order valence-electron chi connectivity index (χ1n) is 9.12. The maximum atomic E-state index is 13.0. The molecule has 0 radical (unpaired) electrons. The van der Waals surface area contributed by atoms with E-state index in [1.165, 1.54) is 6.07 Å². The molecule has 0 spiro atoms. The molecule has 5 rings (SSSR count). The number of para-hydroxylation sites is 1. The average molecular weight is 362 g/mol. The number of amides is 1. The number of carbonyl (C=O) groups is 1. The second-order valence-corrected chi connectivity index (χ2v) is 7.38. The van der Waals surface area contributed by atoms with Gasteiger partial charge < -0.3 is 13.9 Å². The molecule has 0 saturated carbocycles. The van der Waals surface area contributed by atoms with Crippen LogP contribution in [0.5, 0.6) is 0 Å². The van der Waals surface area contributed by atoms with Crippen LogP contribution < -0.4 is 11.0 Å². The van der Waals surface area contributed by atoms with Gasteiger partial charge in [0, 0.05) is 43.4 Å². The highest BCUT2D eigenvalue weighted by molar-refractivity contribution is 5.93. The molecule has 2 bridgehead atoms. The average Bonchev–Trinajstić information content (AvgIpc) is 2.68. The number of aromatic nitrogens is 1. The summed E-state index contributed by atoms with van der Waals surface area (Å²) in [5.74, 6) is 0.165. The van der Waals surface area contributed by atoms with E-state index in [4.69, 9.17) is 4.42 Å². The molecule has 0 unspecified atom stereocenters. The Morgan fingerprint density at radius 2 is 1.85 bits per heavy atom. The van der Waals surface area contributed by atoms with E-state index in [2.05, 4.69) is 0 Å². The first-order chi connectivity index (χ1) is 13.1. The predicted octanol–water partition coefficient (Wildman–Crippen LogP) is 2.21. The van der Waals surface area contributed by atoms with Crippen molar-refractivity contribution in [1.29, 1.82) is 0 Å². The minimum absolute atomic E-state index is 0.0162. The van der Waals surface area contributed by atoms with Gasteiger partial charge >= 0.3 is 0 Å². The van der Waals surface area contributed by atoms with Crippen LogP contribution in [-0.2, 0) is 6.54 Å². The quantitative estimate of drug-likeness (QED) is 0.665. The van der Waals surface area contributed by atoms with Crippen LogP contribution >= 0.6 is 0 Å². The van der Waals surface area contributed by atoms with Crippen molar-refractivity contribution in [3.05, 3.63) is 80.6 Å². The molecule has 6 nitrogen and oxygen atoms in total. The molecule has 0 N–H and O–H groups in total. The molecule has 0 aliphatic carbocycles. The molecule has 1 saturated heterocycles. The fourth-order valence-electron chi connectivity index (χ4n) is 4.43. The molecule has 27 heavy (non-hydrogen) atoms. The lowest BCUT2D eigenvalue weighted by Gasteiger charge is -2.42. The van der Waals surface area contributed by atoms with E-state index < -0.39 is 0 Å². The second kappa shape index (κ2) is 5.94. The van der Waals surface area contributed by atoms with Crippen LogP contribution in [0.25, 0.3) is 11.0 Å². The van der Waals surface area contributed by atoms with Gasteiger partial charge in [-0.1, -0.05) is 18.2 Å². The number of carbonyl (C=O) groups excluding carboxylic acids is 1. The Morgan fingerprint density at radius 1 is 1.00 bits per heavy atom. The summed E-state index contributed by atoms with van der Waals surface area (Å²) >= 11 is 0. The fraction of sp³-hybridized carbons (Fsp3) is 0.286. The van der Waals surface area contributed by atoms with Crippen molar-refractivity contribution >= 4 is 16.9 Å². The van der Waals surface area contributed by atoms with Crippen molar-refractivity contribution in [1.82, 2.24) is 9.47 Å². The van der Waals surface area contributed by atoms with E-state index in [1.54, 1.807) is 41.3 Å². The van der Waals surface area contributed by atoms with Gasteiger partial charge in [-0.2, -0.15) is 0 Å². The van der Waals surface area contributed by atoms with Crippen LogP contribution in [0.4, 0.5) is 0 Å². The normalized spacial score (nSPS) is 21.1. The largest absolute Gasteiger partial charge is 0.451 e. The third-order valence-corrected chi connectivity index (χ3v) is 5.61. The van der Waals surface area contributed by atoms with Gasteiger partial charge in [0.1, 0.15) is 5.58 Å². The van der Waals surface area contributed by atoms with Crippen LogP contribution in [0, 0.1) is 5.92 Å². The van der Waals surface area contributed by atoms with Gasteiger partial charge in [-0.25, -0.2) is 0 Å². The van der Waals surface area contributed by atoms with Crippen molar-refractivity contribution in [2.45, 2.75) is 18.9 Å². The zero-order valence-electron chi connectivity index (χ0n) is 14.6. The van der Waals surface area contributed by atoms with Gasteiger partial charge in [0.15, 0.2) is 11.2 Å². The molecule has 2 atom stereocenters. The Balaban J connectivity index is 1.49. The van der Waals surface area contributed by atoms with Crippen LogP contribution in [0.2, 0.25) is 0 Å². The molecule has 6 heteroatoms. The van der Waals surface area contributed by atoms with Crippen LogP contribution in [-0.4, -0.2) is 28.5 Å². The molecular formula is C21H18N2O4. The number of rotatable bonds is 1. The van der Waals surface area contributed by atoms with Crippen molar-refractivity contribution in [3.8, 4) is 0 Å². The van der Waals surface area contributed by atoms with Crippen molar-refractivity contribution in [2.24, 2.45) is 5.92 Å². The topological polar surface area (TPSA) is 72.5 Å². The van der Waals surface area contributed by atoms with Crippen LogP contribution in [0.15, 0.2) is 62.5 Å². The first kappa shape index (κ1) is 16.1. The Bertz CT molecular complexity index is 1180. The molecule has 2 aliphatic heterocycles. The van der Waals surface area contributed by atoms with Crippen molar-refractivity contribution in [2.75, 3.05) is 13.1 Å². The minimum Gasteiger partial charge on any atom is -0.451 e. The summed E-state index contributed by atoms with van der Waals surface area (Å²) in [6.07, 6.45) is 0.967. The lowest BCUT2D eigenvalue weighted by Crippen LogP contribution is -2.49. The molecule has 2 aromatic heterocycles. The number of pyridine rings is 1. The lowest BCUT2D eigenvalue weighted by molar-refractivity contribution is 0.0564. The fourth-order valence-corrected chi connectivity index (χ4v) is 4.43. The molecule has 3 aromatic rings. The van der Waals surface area contributed by atoms with Gasteiger partial charge in [-0.15, -0.1) is 0 Å². The van der Waals surface area contributed by atoms with E-state index in [0.717, 1.165) is 12.1 Å². The third-order valence-electron chi connectivity index (χ3n) is 5.61. The molecule has 1 amide bonds. The molecule has 2 aliphatic rings. The molecule has 1 fully saturated rings. The summed E-state index contributed by atoms with van der Waals surface area (Å²) in [4.78, 5) is 39.2. The number of piperidine rings is 1. The van der Waals surface area contributed by atoms with Crippen molar-refractivity contribution < 1.29 is 9.21 Å². The predicted molar refractivity (Wildman–Crippen MR) is 99.9 cm³/mol. The van der Waals surface area contributed by atoms with E-state index >= 15 is 0 Å². The SMILES string of the molecule is O=C(c1cc(=O)c2ccccc2o1)N1C[C@H]2C[C@@H](C1)c1cccc(=O)n1C2. The molecule has 136 valence electrons. The number of likely N-dealkylation sites (tertiary alicyclic amines) is 1. The zero-order valence-corrected chi connectivity index (χ0v) is 14.6. The zero-order chi connectivity index (χ0) is 18.5. The van der Waals surface area contributed by atoms with E-state index in [-0.39, 0.29) is 34.5 Å². The van der Waals surface area contributed by atoms with E-state index in [1.807, 2.05) is 10.6 Å². The number of fused-ring (bicyclic) bond motifs is 5. The van der Waals surface area contributed by atoms with Crippen LogP contribution in [0.3, 0.4) is 0 Å². The summed E-state index contributed by atoms with van der Waals surface area (Å²) < 4.78 is 7.55. The Morgan fingerprint density at radius 3 is 2.74 bits per heavy atom. The summed E-state index contributed by atoms with van der Waals surface area (Å²) in [6.45, 7) is 1.71. The van der Waals surface area contributed by atoms with Gasteiger partial charge in [-0.05, 0) is 30.5 Å². The van der Waals surface area contributed by atoms with Gasteiger partial charge in [0.2, 0.25) is 0 Å². The number of hydrogen-bond donors (Lipinski definition) is 0. The van der Waals surface area contributed by atoms with Gasteiger partial charge in [0.25, 0.3) is 11.5 Å². The maximum Gasteiger partial charge on any atom is 0.289 e. The Labute approximate surface area is 154 Å². The summed E-state index contributed by atoms with van der Waals surface area (Å²) in [7, 11) is 0. The number of benzene rings is 1. The Hall–Kier alpha value is -3.15. The number of hydrogen-bond acceptors (Lipinski definition) is 4. The third kappa shape index (κ3) is 2.60. The maximum absolute atomic E-state index is 13.0. The van der Waals surface area contributed by atoms with Crippen molar-refractivity contribution in [3.63, 3.8) is 0 Å². The van der Waals surface area contributed by atoms with Gasteiger partial charge in [-0.3, -0.25) is 14.4 Å². The minimum atomic E-state index is -0.265.